The van der Waals surface area contributed by atoms with Gasteiger partial charge < -0.3 is 19.3 Å². The van der Waals surface area contributed by atoms with Gasteiger partial charge in [0.05, 0.1) is 37.6 Å². The lowest BCUT2D eigenvalue weighted by atomic mass is 9.99. The Labute approximate surface area is 94.9 Å². The Hall–Kier alpha value is -0.160. The molecule has 6 unspecified atom stereocenters. The number of ether oxygens (including phenoxy) is 3. The van der Waals surface area contributed by atoms with E-state index in [2.05, 4.69) is 0 Å². The molecule has 4 fully saturated rings. The Kier molecular flexibility index (Phi) is 1.96. The van der Waals surface area contributed by atoms with E-state index < -0.39 is 0 Å². The molecule has 1 N–H and O–H groups in total. The molecule has 0 amide bonds. The van der Waals surface area contributed by atoms with Gasteiger partial charge in [-0.3, -0.25) is 0 Å². The molecule has 6 atom stereocenters. The maximum atomic E-state index is 10.1. The maximum absolute atomic E-state index is 10.1. The van der Waals surface area contributed by atoms with Crippen molar-refractivity contribution in [1.82, 2.24) is 0 Å². The normalized spacial score (nSPS) is 58.7. The van der Waals surface area contributed by atoms with Crippen LogP contribution in [0, 0.1) is 5.92 Å². The van der Waals surface area contributed by atoms with Crippen LogP contribution in [-0.4, -0.2) is 48.3 Å². The first-order valence-electron chi connectivity index (χ1n) is 6.34. The first-order chi connectivity index (χ1) is 7.75. The zero-order valence-electron chi connectivity index (χ0n) is 9.30. The van der Waals surface area contributed by atoms with Gasteiger partial charge in [0.25, 0.3) is 0 Å². The third-order valence-corrected chi connectivity index (χ3v) is 4.75. The highest BCUT2D eigenvalue weighted by Crippen LogP contribution is 2.46. The van der Waals surface area contributed by atoms with E-state index in [1.165, 1.54) is 0 Å². The summed E-state index contributed by atoms with van der Waals surface area (Å²) in [6.07, 6.45) is 4.36. The van der Waals surface area contributed by atoms with Crippen molar-refractivity contribution in [2.45, 2.75) is 55.7 Å². The third kappa shape index (κ3) is 1.24. The number of fused-ring (bicyclic) bond motifs is 4. The van der Waals surface area contributed by atoms with Crippen LogP contribution in [0.2, 0.25) is 0 Å². The molecule has 0 aromatic heterocycles. The lowest BCUT2D eigenvalue weighted by Crippen LogP contribution is -2.48. The lowest BCUT2D eigenvalue weighted by Gasteiger charge is -2.36. The zero-order valence-corrected chi connectivity index (χ0v) is 9.30. The van der Waals surface area contributed by atoms with Crippen molar-refractivity contribution in [2.75, 3.05) is 13.2 Å². The molecule has 0 aromatic rings. The SMILES string of the molecule is OC1CC2CC1(OC1CC3CC1CO3)CO2. The van der Waals surface area contributed by atoms with Crippen molar-refractivity contribution in [3.05, 3.63) is 0 Å². The maximum Gasteiger partial charge on any atom is 0.120 e. The molecule has 90 valence electrons. The second-order valence-corrected chi connectivity index (χ2v) is 5.80. The minimum absolute atomic E-state index is 0.227. The van der Waals surface area contributed by atoms with Crippen LogP contribution >= 0.6 is 0 Å². The van der Waals surface area contributed by atoms with Crippen LogP contribution < -0.4 is 0 Å². The number of rotatable bonds is 2. The van der Waals surface area contributed by atoms with E-state index in [9.17, 15) is 5.11 Å². The van der Waals surface area contributed by atoms with Gasteiger partial charge in [-0.1, -0.05) is 0 Å². The monoisotopic (exact) mass is 226 g/mol. The molecule has 4 aliphatic rings. The van der Waals surface area contributed by atoms with E-state index in [1.807, 2.05) is 0 Å². The standard InChI is InChI=1S/C12H18O4/c13-11-3-9-4-12(11,6-15-9)16-10-2-8-1-7(10)5-14-8/h7-11,13H,1-6H2. The molecule has 0 spiro atoms. The van der Waals surface area contributed by atoms with Crippen molar-refractivity contribution in [3.63, 3.8) is 0 Å². The van der Waals surface area contributed by atoms with E-state index in [1.54, 1.807) is 0 Å². The van der Waals surface area contributed by atoms with Gasteiger partial charge in [0.1, 0.15) is 5.60 Å². The summed E-state index contributed by atoms with van der Waals surface area (Å²) in [5.74, 6) is 0.547. The number of hydrogen-bond acceptors (Lipinski definition) is 4. The summed E-state index contributed by atoms with van der Waals surface area (Å²) in [7, 11) is 0. The first kappa shape index (κ1) is 9.83. The van der Waals surface area contributed by atoms with Crippen LogP contribution in [0.3, 0.4) is 0 Å². The minimum Gasteiger partial charge on any atom is -0.390 e. The van der Waals surface area contributed by atoms with E-state index in [4.69, 9.17) is 14.2 Å². The molecule has 2 saturated carbocycles. The first-order valence-corrected chi connectivity index (χ1v) is 6.34. The Balaban J connectivity index is 1.50. The summed E-state index contributed by atoms with van der Waals surface area (Å²) in [6, 6.07) is 0. The predicted octanol–water partition coefficient (Wildman–Crippen LogP) is 0.473. The van der Waals surface area contributed by atoms with Gasteiger partial charge in [-0.05, 0) is 6.42 Å². The summed E-state index contributed by atoms with van der Waals surface area (Å²) in [4.78, 5) is 0. The van der Waals surface area contributed by atoms with Gasteiger partial charge in [0, 0.05) is 25.2 Å². The van der Waals surface area contributed by atoms with Crippen LogP contribution in [0.4, 0.5) is 0 Å². The summed E-state index contributed by atoms with van der Waals surface area (Å²) in [5, 5.41) is 10.1. The molecule has 4 nitrogen and oxygen atoms in total. The van der Waals surface area contributed by atoms with Crippen LogP contribution in [0.5, 0.6) is 0 Å². The molecule has 2 aliphatic heterocycles. The topological polar surface area (TPSA) is 47.9 Å². The molecule has 16 heavy (non-hydrogen) atoms. The fourth-order valence-electron chi connectivity index (χ4n) is 3.82. The van der Waals surface area contributed by atoms with Crippen molar-refractivity contribution < 1.29 is 19.3 Å². The van der Waals surface area contributed by atoms with E-state index in [0.29, 0.717) is 18.6 Å². The van der Waals surface area contributed by atoms with E-state index in [0.717, 1.165) is 32.3 Å². The molecule has 4 bridgehead atoms. The van der Waals surface area contributed by atoms with Gasteiger partial charge in [-0.15, -0.1) is 0 Å². The second-order valence-electron chi connectivity index (χ2n) is 5.80. The minimum atomic E-state index is -0.389. The quantitative estimate of drug-likeness (QED) is 0.743. The molecule has 4 heteroatoms. The van der Waals surface area contributed by atoms with Crippen molar-refractivity contribution in [3.8, 4) is 0 Å². The average Bonchev–Trinajstić information content (AvgIpc) is 2.96. The van der Waals surface area contributed by atoms with E-state index >= 15 is 0 Å². The molecule has 0 radical (unpaired) electrons. The highest BCUT2D eigenvalue weighted by Gasteiger charge is 2.57. The number of hydrogen-bond donors (Lipinski definition) is 1. The Morgan fingerprint density at radius 2 is 2.06 bits per heavy atom. The molecular formula is C12H18O4. The van der Waals surface area contributed by atoms with Gasteiger partial charge in [-0.25, -0.2) is 0 Å². The van der Waals surface area contributed by atoms with Gasteiger partial charge in [0.2, 0.25) is 0 Å². The number of aliphatic hydroxyl groups excluding tert-OH is 1. The van der Waals surface area contributed by atoms with Crippen molar-refractivity contribution in [1.29, 1.82) is 0 Å². The van der Waals surface area contributed by atoms with Crippen molar-refractivity contribution >= 4 is 0 Å². The molecule has 4 rings (SSSR count). The fourth-order valence-corrected chi connectivity index (χ4v) is 3.82. The van der Waals surface area contributed by atoms with Gasteiger partial charge in [-0.2, -0.15) is 0 Å². The average molecular weight is 226 g/mol. The fraction of sp³-hybridized carbons (Fsp3) is 1.00. The molecule has 2 aliphatic carbocycles. The van der Waals surface area contributed by atoms with Gasteiger partial charge in [0.15, 0.2) is 0 Å². The van der Waals surface area contributed by atoms with E-state index in [-0.39, 0.29) is 23.9 Å². The Morgan fingerprint density at radius 3 is 2.62 bits per heavy atom. The second kappa shape index (κ2) is 3.19. The Morgan fingerprint density at radius 1 is 1.12 bits per heavy atom. The molecular weight excluding hydrogens is 208 g/mol. The van der Waals surface area contributed by atoms with Crippen LogP contribution in [0.25, 0.3) is 0 Å². The summed E-state index contributed by atoms with van der Waals surface area (Å²) < 4.78 is 17.4. The highest BCUT2D eigenvalue weighted by atomic mass is 16.6. The molecule has 2 heterocycles. The Bertz CT molecular complexity index is 307. The summed E-state index contributed by atoms with van der Waals surface area (Å²) >= 11 is 0. The van der Waals surface area contributed by atoms with Crippen LogP contribution in [0.15, 0.2) is 0 Å². The molecule has 2 saturated heterocycles. The van der Waals surface area contributed by atoms with Gasteiger partial charge >= 0.3 is 0 Å². The largest absolute Gasteiger partial charge is 0.390 e. The smallest absolute Gasteiger partial charge is 0.120 e. The highest BCUT2D eigenvalue weighted by molar-refractivity contribution is 5.05. The number of aliphatic hydroxyl groups is 1. The predicted molar refractivity (Wildman–Crippen MR) is 55.0 cm³/mol. The van der Waals surface area contributed by atoms with Crippen molar-refractivity contribution in [2.24, 2.45) is 5.92 Å². The van der Waals surface area contributed by atoms with Crippen LogP contribution in [-0.2, 0) is 14.2 Å². The summed E-state index contributed by atoms with van der Waals surface area (Å²) in [6.45, 7) is 1.42. The molecule has 0 aromatic carbocycles. The third-order valence-electron chi connectivity index (χ3n) is 4.75. The lowest BCUT2D eigenvalue weighted by molar-refractivity contribution is -0.181. The van der Waals surface area contributed by atoms with Crippen LogP contribution in [0.1, 0.15) is 25.7 Å². The zero-order chi connectivity index (χ0) is 10.8. The summed E-state index contributed by atoms with van der Waals surface area (Å²) in [5.41, 5.74) is -0.389.